The number of phenolic OH excluding ortho intramolecular Hbond substituents is 2. The number of hydrogen-bond donors (Lipinski definition) is 2. The van der Waals surface area contributed by atoms with Gasteiger partial charge in [0.25, 0.3) is 0 Å². The highest BCUT2D eigenvalue weighted by Crippen LogP contribution is 2.39. The number of benzene rings is 2. The van der Waals surface area contributed by atoms with E-state index in [1.54, 1.807) is 18.2 Å². The molecule has 112 valence electrons. The Hall–Kier alpha value is -2.48. The molecule has 2 N–H and O–H groups in total. The maximum Gasteiger partial charge on any atom is 0.115 e. The van der Waals surface area contributed by atoms with Crippen molar-refractivity contribution in [1.29, 1.82) is 0 Å². The van der Waals surface area contributed by atoms with E-state index in [0.29, 0.717) is 5.75 Å². The summed E-state index contributed by atoms with van der Waals surface area (Å²) in [4.78, 5) is 0. The molecule has 22 heavy (non-hydrogen) atoms. The molecule has 0 bridgehead atoms. The molecule has 0 unspecified atom stereocenters. The number of allylic oxidation sites excluding steroid dienone is 3. The first kappa shape index (κ1) is 14.5. The first-order chi connectivity index (χ1) is 10.7. The molecule has 2 aromatic rings. The molecular weight excluding hydrogens is 272 g/mol. The van der Waals surface area contributed by atoms with Gasteiger partial charge < -0.3 is 10.2 Å². The van der Waals surface area contributed by atoms with Crippen LogP contribution in [0, 0.1) is 0 Å². The van der Waals surface area contributed by atoms with Crippen LogP contribution < -0.4 is 0 Å². The summed E-state index contributed by atoms with van der Waals surface area (Å²) < 4.78 is 0. The van der Waals surface area contributed by atoms with Crippen molar-refractivity contribution in [2.24, 2.45) is 0 Å². The molecule has 0 atom stereocenters. The first-order valence-electron chi connectivity index (χ1n) is 7.63. The second-order valence-electron chi connectivity index (χ2n) is 5.69. The number of rotatable bonds is 3. The van der Waals surface area contributed by atoms with E-state index in [4.69, 9.17) is 0 Å². The summed E-state index contributed by atoms with van der Waals surface area (Å²) in [6.07, 6.45) is 5.73. The zero-order valence-electron chi connectivity index (χ0n) is 12.5. The molecule has 1 aliphatic rings. The van der Waals surface area contributed by atoms with E-state index >= 15 is 0 Å². The zero-order chi connectivity index (χ0) is 15.5. The quantitative estimate of drug-likeness (QED) is 0.788. The third kappa shape index (κ3) is 2.77. The zero-order valence-corrected chi connectivity index (χ0v) is 12.5. The number of aryl methyl sites for hydroxylation is 1. The number of phenols is 2. The van der Waals surface area contributed by atoms with Crippen LogP contribution in [0.15, 0.2) is 55.1 Å². The molecule has 0 saturated carbocycles. The van der Waals surface area contributed by atoms with Crippen molar-refractivity contribution in [2.45, 2.75) is 25.7 Å². The average molecular weight is 292 g/mol. The largest absolute Gasteiger partial charge is 0.508 e. The summed E-state index contributed by atoms with van der Waals surface area (Å²) in [5.41, 5.74) is 6.14. The van der Waals surface area contributed by atoms with Crippen molar-refractivity contribution >= 4 is 11.1 Å². The average Bonchev–Trinajstić information content (AvgIpc) is 2.68. The monoisotopic (exact) mass is 292 g/mol. The van der Waals surface area contributed by atoms with Gasteiger partial charge in [-0.15, -0.1) is 6.58 Å². The Morgan fingerprint density at radius 1 is 0.955 bits per heavy atom. The van der Waals surface area contributed by atoms with Crippen LogP contribution in [0.1, 0.15) is 36.0 Å². The van der Waals surface area contributed by atoms with Gasteiger partial charge in [0, 0.05) is 0 Å². The van der Waals surface area contributed by atoms with Gasteiger partial charge in [-0.25, -0.2) is 0 Å². The minimum atomic E-state index is 0.286. The number of aromatic hydroxyl groups is 2. The smallest absolute Gasteiger partial charge is 0.115 e. The molecule has 2 nitrogen and oxygen atoms in total. The van der Waals surface area contributed by atoms with Crippen molar-refractivity contribution in [3.8, 4) is 11.5 Å². The first-order valence-corrected chi connectivity index (χ1v) is 7.63. The highest BCUT2D eigenvalue weighted by Gasteiger charge is 2.18. The Balaban J connectivity index is 2.18. The number of fused-ring (bicyclic) bond motifs is 1. The third-order valence-electron chi connectivity index (χ3n) is 4.22. The molecule has 0 aliphatic heterocycles. The highest BCUT2D eigenvalue weighted by atomic mass is 16.3. The van der Waals surface area contributed by atoms with Gasteiger partial charge in [0.1, 0.15) is 11.5 Å². The standard InChI is InChI=1S/C20H20O2/c1-2-4-20-18(14-7-9-16(21)10-8-14)6-3-5-15-13-17(22)11-12-19(15)20/h2,7-13,21-22H,1,3-6H2. The molecule has 3 rings (SSSR count). The highest BCUT2D eigenvalue weighted by molar-refractivity contribution is 5.93. The molecule has 2 heteroatoms. The molecular formula is C20H20O2. The molecule has 0 heterocycles. The van der Waals surface area contributed by atoms with Crippen molar-refractivity contribution in [2.75, 3.05) is 0 Å². The summed E-state index contributed by atoms with van der Waals surface area (Å²) in [6.45, 7) is 3.89. The maximum atomic E-state index is 9.75. The third-order valence-corrected chi connectivity index (χ3v) is 4.22. The van der Waals surface area contributed by atoms with E-state index in [1.165, 1.54) is 22.3 Å². The number of hydrogen-bond acceptors (Lipinski definition) is 2. The summed E-state index contributed by atoms with van der Waals surface area (Å²) in [5.74, 6) is 0.610. The van der Waals surface area contributed by atoms with E-state index in [-0.39, 0.29) is 5.75 Å². The Morgan fingerprint density at radius 3 is 2.41 bits per heavy atom. The van der Waals surface area contributed by atoms with E-state index in [0.717, 1.165) is 31.2 Å². The fourth-order valence-corrected chi connectivity index (χ4v) is 3.21. The topological polar surface area (TPSA) is 40.5 Å². The van der Waals surface area contributed by atoms with Crippen LogP contribution >= 0.6 is 0 Å². The minimum Gasteiger partial charge on any atom is -0.508 e. The summed E-state index contributed by atoms with van der Waals surface area (Å²) in [6, 6.07) is 13.0. The fraction of sp³-hybridized carbons (Fsp3) is 0.200. The SMILES string of the molecule is C=CCC1=C(c2ccc(O)cc2)CCCc2cc(O)ccc21. The lowest BCUT2D eigenvalue weighted by Gasteiger charge is -2.15. The molecule has 2 aromatic carbocycles. The van der Waals surface area contributed by atoms with Crippen LogP contribution in [-0.4, -0.2) is 10.2 Å². The molecule has 0 saturated heterocycles. The van der Waals surface area contributed by atoms with Crippen LogP contribution in [0.2, 0.25) is 0 Å². The summed E-state index contributed by atoms with van der Waals surface area (Å²) in [5, 5.41) is 19.3. The van der Waals surface area contributed by atoms with Gasteiger partial charge in [0.15, 0.2) is 0 Å². The second kappa shape index (κ2) is 6.10. The van der Waals surface area contributed by atoms with Gasteiger partial charge in [-0.2, -0.15) is 0 Å². The van der Waals surface area contributed by atoms with E-state index in [1.807, 2.05) is 30.3 Å². The van der Waals surface area contributed by atoms with Gasteiger partial charge in [-0.3, -0.25) is 0 Å². The molecule has 0 radical (unpaired) electrons. The lowest BCUT2D eigenvalue weighted by Crippen LogP contribution is -1.93. The Kier molecular flexibility index (Phi) is 4.01. The second-order valence-corrected chi connectivity index (χ2v) is 5.69. The van der Waals surface area contributed by atoms with Crippen LogP contribution in [0.3, 0.4) is 0 Å². The van der Waals surface area contributed by atoms with Crippen LogP contribution in [0.5, 0.6) is 11.5 Å². The van der Waals surface area contributed by atoms with Gasteiger partial charge in [-0.1, -0.05) is 24.3 Å². The lowest BCUT2D eigenvalue weighted by atomic mass is 9.90. The van der Waals surface area contributed by atoms with Crippen molar-refractivity contribution in [1.82, 2.24) is 0 Å². The van der Waals surface area contributed by atoms with Crippen molar-refractivity contribution < 1.29 is 10.2 Å². The van der Waals surface area contributed by atoms with Crippen LogP contribution in [0.25, 0.3) is 11.1 Å². The fourth-order valence-electron chi connectivity index (χ4n) is 3.21. The van der Waals surface area contributed by atoms with E-state index < -0.39 is 0 Å². The van der Waals surface area contributed by atoms with E-state index in [2.05, 4.69) is 6.58 Å². The van der Waals surface area contributed by atoms with Gasteiger partial charge in [0.05, 0.1) is 0 Å². The Bertz CT molecular complexity index is 724. The lowest BCUT2D eigenvalue weighted by molar-refractivity contribution is 0.474. The molecule has 0 fully saturated rings. The van der Waals surface area contributed by atoms with Gasteiger partial charge in [0.2, 0.25) is 0 Å². The summed E-state index contributed by atoms with van der Waals surface area (Å²) >= 11 is 0. The molecule has 1 aliphatic carbocycles. The van der Waals surface area contributed by atoms with E-state index in [9.17, 15) is 10.2 Å². The van der Waals surface area contributed by atoms with Gasteiger partial charge >= 0.3 is 0 Å². The maximum absolute atomic E-state index is 9.75. The Labute approximate surface area is 131 Å². The summed E-state index contributed by atoms with van der Waals surface area (Å²) in [7, 11) is 0. The van der Waals surface area contributed by atoms with Crippen LogP contribution in [-0.2, 0) is 6.42 Å². The normalized spacial score (nSPS) is 14.4. The predicted octanol–water partition coefficient (Wildman–Crippen LogP) is 4.92. The Morgan fingerprint density at radius 2 is 1.68 bits per heavy atom. The molecule has 0 spiro atoms. The van der Waals surface area contributed by atoms with Crippen LogP contribution in [0.4, 0.5) is 0 Å². The minimum absolute atomic E-state index is 0.286. The van der Waals surface area contributed by atoms with Crippen molar-refractivity contribution in [3.63, 3.8) is 0 Å². The predicted molar refractivity (Wildman–Crippen MR) is 90.8 cm³/mol. The molecule has 0 aromatic heterocycles. The molecule has 0 amide bonds. The van der Waals surface area contributed by atoms with Gasteiger partial charge in [-0.05, 0) is 77.8 Å². The van der Waals surface area contributed by atoms with Crippen molar-refractivity contribution in [3.05, 3.63) is 71.8 Å².